The number of likely N-dealkylation sites (N-methyl/N-ethyl adjacent to an activating group) is 1. The maximum absolute atomic E-state index is 11.8. The molecule has 1 saturated heterocycles. The van der Waals surface area contributed by atoms with Crippen molar-refractivity contribution in [2.45, 2.75) is 45.1 Å². The number of amides is 1. The van der Waals surface area contributed by atoms with Crippen LogP contribution in [0.4, 0.5) is 0 Å². The second-order valence-corrected chi connectivity index (χ2v) is 5.47. The molecule has 1 heterocycles. The van der Waals surface area contributed by atoms with E-state index >= 15 is 0 Å². The first-order valence-electron chi connectivity index (χ1n) is 6.65. The van der Waals surface area contributed by atoms with Gasteiger partial charge in [-0.15, -0.1) is 0 Å². The predicted octanol–water partition coefficient (Wildman–Crippen LogP) is 0.995. The van der Waals surface area contributed by atoms with Crippen LogP contribution >= 0.6 is 0 Å². The van der Waals surface area contributed by atoms with Gasteiger partial charge in [0, 0.05) is 25.6 Å². The van der Waals surface area contributed by atoms with E-state index in [2.05, 4.69) is 17.1 Å². The largest absolute Gasteiger partial charge is 0.387 e. The van der Waals surface area contributed by atoms with E-state index in [9.17, 15) is 9.90 Å². The minimum absolute atomic E-state index is 0.0534. The SMILES string of the molecule is CCCC[C@H](C)C(=O)NC[C@]1(O)CCN(C)C1. The third-order valence-electron chi connectivity index (χ3n) is 3.55. The lowest BCUT2D eigenvalue weighted by atomic mass is 10.0. The van der Waals surface area contributed by atoms with E-state index in [1.807, 2.05) is 14.0 Å². The average Bonchev–Trinajstić information content (AvgIpc) is 2.63. The minimum Gasteiger partial charge on any atom is -0.387 e. The van der Waals surface area contributed by atoms with Crippen LogP contribution in [0.3, 0.4) is 0 Å². The summed E-state index contributed by atoms with van der Waals surface area (Å²) in [4.78, 5) is 13.9. The fraction of sp³-hybridized carbons (Fsp3) is 0.923. The number of likely N-dealkylation sites (tertiary alicyclic amines) is 1. The lowest BCUT2D eigenvalue weighted by Gasteiger charge is -2.23. The molecule has 2 atom stereocenters. The molecule has 0 spiro atoms. The molecule has 0 radical (unpaired) electrons. The lowest BCUT2D eigenvalue weighted by Crippen LogP contribution is -2.45. The van der Waals surface area contributed by atoms with E-state index in [0.29, 0.717) is 13.1 Å². The minimum atomic E-state index is -0.727. The van der Waals surface area contributed by atoms with Crippen LogP contribution in [0.25, 0.3) is 0 Å². The van der Waals surface area contributed by atoms with E-state index in [-0.39, 0.29) is 11.8 Å². The first kappa shape index (κ1) is 14.5. The standard InChI is InChI=1S/C13H26N2O2/c1-4-5-6-11(2)12(16)14-9-13(17)7-8-15(3)10-13/h11,17H,4-10H2,1-3H3,(H,14,16)/t11-,13+/m0/s1. The zero-order valence-electron chi connectivity index (χ0n) is 11.3. The van der Waals surface area contributed by atoms with E-state index in [1.54, 1.807) is 0 Å². The van der Waals surface area contributed by atoms with Gasteiger partial charge in [0.25, 0.3) is 0 Å². The van der Waals surface area contributed by atoms with Gasteiger partial charge >= 0.3 is 0 Å². The van der Waals surface area contributed by atoms with Crippen molar-refractivity contribution >= 4 is 5.91 Å². The molecule has 0 bridgehead atoms. The van der Waals surface area contributed by atoms with E-state index in [0.717, 1.165) is 32.2 Å². The topological polar surface area (TPSA) is 52.6 Å². The summed E-state index contributed by atoms with van der Waals surface area (Å²) in [5.41, 5.74) is -0.727. The van der Waals surface area contributed by atoms with Crippen molar-refractivity contribution in [3.63, 3.8) is 0 Å². The Kier molecular flexibility index (Phi) is 5.40. The van der Waals surface area contributed by atoms with Crippen LogP contribution in [0.5, 0.6) is 0 Å². The van der Waals surface area contributed by atoms with Crippen molar-refractivity contribution in [1.82, 2.24) is 10.2 Å². The number of carbonyl (C=O) groups excluding carboxylic acids is 1. The first-order valence-corrected chi connectivity index (χ1v) is 6.65. The van der Waals surface area contributed by atoms with Crippen LogP contribution in [0.1, 0.15) is 39.5 Å². The highest BCUT2D eigenvalue weighted by molar-refractivity contribution is 5.78. The molecule has 0 aromatic carbocycles. The zero-order chi connectivity index (χ0) is 12.9. The van der Waals surface area contributed by atoms with Crippen molar-refractivity contribution in [2.75, 3.05) is 26.7 Å². The van der Waals surface area contributed by atoms with Crippen molar-refractivity contribution in [3.05, 3.63) is 0 Å². The Labute approximate surface area is 104 Å². The molecule has 0 aromatic rings. The van der Waals surface area contributed by atoms with Crippen LogP contribution in [-0.4, -0.2) is 48.2 Å². The van der Waals surface area contributed by atoms with Crippen molar-refractivity contribution in [3.8, 4) is 0 Å². The van der Waals surface area contributed by atoms with Gasteiger partial charge in [0.05, 0.1) is 5.60 Å². The summed E-state index contributed by atoms with van der Waals surface area (Å²) in [5, 5.41) is 13.1. The Balaban J connectivity index is 2.27. The number of rotatable bonds is 6. The van der Waals surface area contributed by atoms with Gasteiger partial charge < -0.3 is 15.3 Å². The monoisotopic (exact) mass is 242 g/mol. The molecule has 1 fully saturated rings. The van der Waals surface area contributed by atoms with Crippen LogP contribution in [-0.2, 0) is 4.79 Å². The second-order valence-electron chi connectivity index (χ2n) is 5.47. The van der Waals surface area contributed by atoms with E-state index < -0.39 is 5.60 Å². The number of nitrogens with zero attached hydrogens (tertiary/aromatic N) is 1. The van der Waals surface area contributed by atoms with Gasteiger partial charge in [-0.05, 0) is 19.9 Å². The van der Waals surface area contributed by atoms with Crippen molar-refractivity contribution in [1.29, 1.82) is 0 Å². The zero-order valence-corrected chi connectivity index (χ0v) is 11.3. The Hall–Kier alpha value is -0.610. The summed E-state index contributed by atoms with van der Waals surface area (Å²) in [5.74, 6) is 0.124. The molecule has 17 heavy (non-hydrogen) atoms. The molecule has 0 aromatic heterocycles. The predicted molar refractivity (Wildman–Crippen MR) is 68.8 cm³/mol. The van der Waals surface area contributed by atoms with Crippen molar-refractivity contribution < 1.29 is 9.90 Å². The quantitative estimate of drug-likeness (QED) is 0.730. The molecule has 0 unspecified atom stereocenters. The number of hydrogen-bond acceptors (Lipinski definition) is 3. The van der Waals surface area contributed by atoms with E-state index in [1.165, 1.54) is 0 Å². The van der Waals surface area contributed by atoms with E-state index in [4.69, 9.17) is 0 Å². The number of nitrogens with one attached hydrogen (secondary N) is 1. The van der Waals surface area contributed by atoms with Crippen LogP contribution < -0.4 is 5.32 Å². The summed E-state index contributed by atoms with van der Waals surface area (Å²) < 4.78 is 0. The second kappa shape index (κ2) is 6.36. The van der Waals surface area contributed by atoms with Crippen molar-refractivity contribution in [2.24, 2.45) is 5.92 Å². The number of β-amino-alcohol motifs (C(OH)–C–C–N with tert-alkyl or cyclic N) is 1. The fourth-order valence-corrected chi connectivity index (χ4v) is 2.27. The van der Waals surface area contributed by atoms with Gasteiger partial charge in [-0.1, -0.05) is 26.7 Å². The number of carbonyl (C=O) groups is 1. The third kappa shape index (κ3) is 4.64. The third-order valence-corrected chi connectivity index (χ3v) is 3.55. The Morgan fingerprint density at radius 2 is 2.29 bits per heavy atom. The number of unbranched alkanes of at least 4 members (excludes halogenated alkanes) is 1. The summed E-state index contributed by atoms with van der Waals surface area (Å²) in [6.45, 7) is 6.01. The highest BCUT2D eigenvalue weighted by Crippen LogP contribution is 2.19. The summed E-state index contributed by atoms with van der Waals surface area (Å²) >= 11 is 0. The van der Waals surface area contributed by atoms with Gasteiger partial charge in [0.15, 0.2) is 0 Å². The Bertz CT molecular complexity index is 258. The summed E-state index contributed by atoms with van der Waals surface area (Å²) in [7, 11) is 1.99. The molecule has 1 aliphatic heterocycles. The molecular formula is C13H26N2O2. The highest BCUT2D eigenvalue weighted by atomic mass is 16.3. The molecular weight excluding hydrogens is 216 g/mol. The molecule has 1 aliphatic rings. The summed E-state index contributed by atoms with van der Waals surface area (Å²) in [6.07, 6.45) is 3.88. The number of aliphatic hydroxyl groups is 1. The molecule has 0 aliphatic carbocycles. The maximum atomic E-state index is 11.8. The number of hydrogen-bond donors (Lipinski definition) is 2. The van der Waals surface area contributed by atoms with Gasteiger partial charge in [-0.3, -0.25) is 4.79 Å². The molecule has 2 N–H and O–H groups in total. The fourth-order valence-electron chi connectivity index (χ4n) is 2.27. The normalized spacial score (nSPS) is 27.1. The first-order chi connectivity index (χ1) is 7.97. The summed E-state index contributed by atoms with van der Waals surface area (Å²) in [6, 6.07) is 0. The molecule has 4 nitrogen and oxygen atoms in total. The lowest BCUT2D eigenvalue weighted by molar-refractivity contribution is -0.125. The van der Waals surface area contributed by atoms with Gasteiger partial charge in [0.2, 0.25) is 5.91 Å². The van der Waals surface area contributed by atoms with Crippen LogP contribution in [0, 0.1) is 5.92 Å². The average molecular weight is 242 g/mol. The molecule has 4 heteroatoms. The van der Waals surface area contributed by atoms with Crippen LogP contribution in [0.2, 0.25) is 0 Å². The smallest absolute Gasteiger partial charge is 0.222 e. The molecule has 0 saturated carbocycles. The molecule has 1 rings (SSSR count). The van der Waals surface area contributed by atoms with Gasteiger partial charge in [-0.25, -0.2) is 0 Å². The molecule has 100 valence electrons. The van der Waals surface area contributed by atoms with Gasteiger partial charge in [0.1, 0.15) is 0 Å². The van der Waals surface area contributed by atoms with Crippen LogP contribution in [0.15, 0.2) is 0 Å². The van der Waals surface area contributed by atoms with Gasteiger partial charge in [-0.2, -0.15) is 0 Å². The maximum Gasteiger partial charge on any atom is 0.222 e. The Morgan fingerprint density at radius 3 is 2.82 bits per heavy atom. The molecule has 1 amide bonds. The highest BCUT2D eigenvalue weighted by Gasteiger charge is 2.34. The Morgan fingerprint density at radius 1 is 1.59 bits per heavy atom.